The van der Waals surface area contributed by atoms with Gasteiger partial charge in [-0.2, -0.15) is 4.31 Å². The van der Waals surface area contributed by atoms with Gasteiger partial charge in [0.25, 0.3) is 0 Å². The zero-order valence-electron chi connectivity index (χ0n) is 12.9. The first-order chi connectivity index (χ1) is 10.8. The number of hydrogen-bond donors (Lipinski definition) is 1. The highest BCUT2D eigenvalue weighted by Crippen LogP contribution is 2.25. The predicted octanol–water partition coefficient (Wildman–Crippen LogP) is 2.50. The number of rotatable bonds is 6. The molecule has 2 rings (SSSR count). The van der Waals surface area contributed by atoms with Crippen LogP contribution >= 0.6 is 0 Å². The van der Waals surface area contributed by atoms with Crippen LogP contribution in [-0.4, -0.2) is 37.5 Å². The third-order valence-corrected chi connectivity index (χ3v) is 5.26. The molecule has 1 N–H and O–H groups in total. The first kappa shape index (κ1) is 17.8. The maximum atomic E-state index is 13.5. The van der Waals surface area contributed by atoms with Gasteiger partial charge in [-0.25, -0.2) is 17.2 Å². The van der Waals surface area contributed by atoms with Crippen LogP contribution in [0.4, 0.5) is 14.5 Å². The van der Waals surface area contributed by atoms with Crippen molar-refractivity contribution in [3.63, 3.8) is 0 Å². The number of anilines is 1. The van der Waals surface area contributed by atoms with Gasteiger partial charge in [0, 0.05) is 25.1 Å². The highest BCUT2D eigenvalue weighted by molar-refractivity contribution is 7.88. The molecule has 0 aromatic heterocycles. The van der Waals surface area contributed by atoms with Crippen molar-refractivity contribution in [2.45, 2.75) is 38.1 Å². The van der Waals surface area contributed by atoms with Crippen LogP contribution in [0, 0.1) is 11.6 Å². The fourth-order valence-electron chi connectivity index (χ4n) is 2.83. The van der Waals surface area contributed by atoms with Crippen LogP contribution in [-0.2, 0) is 14.8 Å². The summed E-state index contributed by atoms with van der Waals surface area (Å²) < 4.78 is 51.4. The summed E-state index contributed by atoms with van der Waals surface area (Å²) >= 11 is 0. The number of carbonyl (C=O) groups excluding carboxylic acids is 1. The molecule has 0 heterocycles. The summed E-state index contributed by atoms with van der Waals surface area (Å²) in [6.45, 7) is 0.0537. The molecule has 0 atom stereocenters. The molecule has 128 valence electrons. The lowest BCUT2D eigenvalue weighted by Gasteiger charge is -2.26. The van der Waals surface area contributed by atoms with E-state index in [0.717, 1.165) is 44.1 Å². The maximum Gasteiger partial charge on any atom is 0.225 e. The minimum atomic E-state index is -3.40. The molecule has 1 aromatic carbocycles. The van der Waals surface area contributed by atoms with Crippen molar-refractivity contribution in [1.29, 1.82) is 0 Å². The Morgan fingerprint density at radius 1 is 1.30 bits per heavy atom. The number of carbonyl (C=O) groups is 1. The van der Waals surface area contributed by atoms with Gasteiger partial charge in [0.05, 0.1) is 11.9 Å². The van der Waals surface area contributed by atoms with E-state index >= 15 is 0 Å². The smallest absolute Gasteiger partial charge is 0.225 e. The van der Waals surface area contributed by atoms with E-state index in [1.54, 1.807) is 0 Å². The van der Waals surface area contributed by atoms with Crippen molar-refractivity contribution >= 4 is 21.6 Å². The van der Waals surface area contributed by atoms with E-state index in [0.29, 0.717) is 6.07 Å². The topological polar surface area (TPSA) is 66.5 Å². The molecule has 1 fully saturated rings. The first-order valence-corrected chi connectivity index (χ1v) is 9.34. The minimum Gasteiger partial charge on any atom is -0.324 e. The Labute approximate surface area is 134 Å². The summed E-state index contributed by atoms with van der Waals surface area (Å²) in [5.41, 5.74) is -0.122. The highest BCUT2D eigenvalue weighted by atomic mass is 32.2. The Hall–Kier alpha value is -1.54. The van der Waals surface area contributed by atoms with E-state index < -0.39 is 27.6 Å². The zero-order valence-corrected chi connectivity index (χ0v) is 13.7. The van der Waals surface area contributed by atoms with Crippen LogP contribution in [0.3, 0.4) is 0 Å². The van der Waals surface area contributed by atoms with E-state index in [1.165, 1.54) is 4.31 Å². The molecule has 1 amide bonds. The number of hydrogen-bond acceptors (Lipinski definition) is 3. The lowest BCUT2D eigenvalue weighted by Crippen LogP contribution is -2.39. The van der Waals surface area contributed by atoms with Gasteiger partial charge in [-0.1, -0.05) is 12.8 Å². The zero-order chi connectivity index (χ0) is 17.0. The van der Waals surface area contributed by atoms with Gasteiger partial charge < -0.3 is 5.32 Å². The van der Waals surface area contributed by atoms with Crippen molar-refractivity contribution in [1.82, 2.24) is 4.31 Å². The quantitative estimate of drug-likeness (QED) is 0.861. The standard InChI is InChI=1S/C15H20F2N2O3S/c1-23(21,22)19(12-4-2-3-5-12)9-8-15(20)18-14-7-6-11(16)10-13(14)17/h6-7,10,12H,2-5,8-9H2,1H3,(H,18,20). The molecule has 0 radical (unpaired) electrons. The Morgan fingerprint density at radius 3 is 2.52 bits per heavy atom. The number of sulfonamides is 1. The lowest BCUT2D eigenvalue weighted by molar-refractivity contribution is -0.116. The predicted molar refractivity (Wildman–Crippen MR) is 83.4 cm³/mol. The summed E-state index contributed by atoms with van der Waals surface area (Å²) in [6.07, 6.45) is 4.58. The van der Waals surface area contributed by atoms with Crippen molar-refractivity contribution in [2.24, 2.45) is 0 Å². The van der Waals surface area contributed by atoms with Gasteiger partial charge in [0.1, 0.15) is 11.6 Å². The average Bonchev–Trinajstić information content (AvgIpc) is 2.94. The van der Waals surface area contributed by atoms with Gasteiger partial charge >= 0.3 is 0 Å². The van der Waals surface area contributed by atoms with Gasteiger partial charge in [0.15, 0.2) is 0 Å². The Morgan fingerprint density at radius 2 is 1.96 bits per heavy atom. The molecule has 1 aromatic rings. The second kappa shape index (κ2) is 7.35. The molecule has 5 nitrogen and oxygen atoms in total. The van der Waals surface area contributed by atoms with Crippen LogP contribution in [0.1, 0.15) is 32.1 Å². The number of nitrogens with zero attached hydrogens (tertiary/aromatic N) is 1. The third kappa shape index (κ3) is 4.97. The van der Waals surface area contributed by atoms with Gasteiger partial charge in [-0.3, -0.25) is 4.79 Å². The maximum absolute atomic E-state index is 13.5. The van der Waals surface area contributed by atoms with Crippen LogP contribution < -0.4 is 5.32 Å². The molecule has 0 saturated heterocycles. The molecular weight excluding hydrogens is 326 g/mol. The largest absolute Gasteiger partial charge is 0.324 e. The molecule has 1 aliphatic carbocycles. The molecule has 8 heteroatoms. The van der Waals surface area contributed by atoms with E-state index in [4.69, 9.17) is 0 Å². The van der Waals surface area contributed by atoms with Crippen LogP contribution in [0.2, 0.25) is 0 Å². The fourth-order valence-corrected chi connectivity index (χ4v) is 4.00. The minimum absolute atomic E-state index is 0.0537. The number of halogens is 2. The summed E-state index contributed by atoms with van der Waals surface area (Å²) in [6, 6.07) is 2.78. The molecule has 0 aliphatic heterocycles. The third-order valence-electron chi connectivity index (χ3n) is 3.92. The number of benzene rings is 1. The van der Waals surface area contributed by atoms with E-state index in [-0.39, 0.29) is 24.7 Å². The second-order valence-corrected chi connectivity index (χ2v) is 7.67. The summed E-state index contributed by atoms with van der Waals surface area (Å²) in [5, 5.41) is 2.33. The van der Waals surface area contributed by atoms with Crippen LogP contribution in [0.25, 0.3) is 0 Å². The van der Waals surface area contributed by atoms with Crippen molar-refractivity contribution in [2.75, 3.05) is 18.1 Å². The average molecular weight is 346 g/mol. The van der Waals surface area contributed by atoms with Gasteiger partial charge in [-0.15, -0.1) is 0 Å². The van der Waals surface area contributed by atoms with E-state index in [9.17, 15) is 22.0 Å². The second-order valence-electron chi connectivity index (χ2n) is 5.73. The van der Waals surface area contributed by atoms with Crippen molar-refractivity contribution in [3.05, 3.63) is 29.8 Å². The molecule has 0 unspecified atom stereocenters. The molecule has 23 heavy (non-hydrogen) atoms. The fraction of sp³-hybridized carbons (Fsp3) is 0.533. The van der Waals surface area contributed by atoms with Crippen LogP contribution in [0.15, 0.2) is 18.2 Å². The monoisotopic (exact) mass is 346 g/mol. The van der Waals surface area contributed by atoms with Crippen molar-refractivity contribution in [3.8, 4) is 0 Å². The Bertz CT molecular complexity index is 673. The summed E-state index contributed by atoms with van der Waals surface area (Å²) in [7, 11) is -3.40. The summed E-state index contributed by atoms with van der Waals surface area (Å²) in [4.78, 5) is 11.9. The number of nitrogens with one attached hydrogen (secondary N) is 1. The molecule has 1 aliphatic rings. The van der Waals surface area contributed by atoms with Gasteiger partial charge in [-0.05, 0) is 25.0 Å². The first-order valence-electron chi connectivity index (χ1n) is 7.49. The normalized spacial score (nSPS) is 16.0. The number of amides is 1. The van der Waals surface area contributed by atoms with Gasteiger partial charge in [0.2, 0.25) is 15.9 Å². The SMILES string of the molecule is CS(=O)(=O)N(CCC(=O)Nc1ccc(F)cc1F)C1CCCC1. The summed E-state index contributed by atoms with van der Waals surface area (Å²) in [5.74, 6) is -2.11. The Kier molecular flexibility index (Phi) is 5.69. The molecule has 0 spiro atoms. The lowest BCUT2D eigenvalue weighted by atomic mass is 10.2. The molecule has 0 bridgehead atoms. The van der Waals surface area contributed by atoms with Crippen LogP contribution in [0.5, 0.6) is 0 Å². The van der Waals surface area contributed by atoms with E-state index in [1.807, 2.05) is 0 Å². The van der Waals surface area contributed by atoms with E-state index in [2.05, 4.69) is 5.32 Å². The molecular formula is C15H20F2N2O3S. The Balaban J connectivity index is 1.96. The highest BCUT2D eigenvalue weighted by Gasteiger charge is 2.29. The molecule has 1 saturated carbocycles. The van der Waals surface area contributed by atoms with Crippen molar-refractivity contribution < 1.29 is 22.0 Å².